The quantitative estimate of drug-likeness (QED) is 0.389. The molecule has 3 aromatic rings. The highest BCUT2D eigenvalue weighted by atomic mass is 19.1. The molecule has 0 aliphatic rings. The Hall–Kier alpha value is -3.12. The van der Waals surface area contributed by atoms with E-state index in [1.807, 2.05) is 26.0 Å². The minimum Gasteiger partial charge on any atom is -0.493 e. The van der Waals surface area contributed by atoms with Crippen molar-refractivity contribution in [3.63, 3.8) is 0 Å². The first kappa shape index (κ1) is 21.6. The second kappa shape index (κ2) is 10.1. The molecule has 0 spiro atoms. The normalized spacial score (nSPS) is 11.7. The van der Waals surface area contributed by atoms with E-state index in [0.29, 0.717) is 31.1 Å². The van der Waals surface area contributed by atoms with Gasteiger partial charge in [-0.15, -0.1) is 0 Å². The number of carbonyl (C=O) groups excluding carboxylic acids is 1. The molecule has 1 aromatic heterocycles. The Labute approximate surface area is 175 Å². The molecular weight excluding hydrogens is 385 g/mol. The lowest BCUT2D eigenvalue weighted by molar-refractivity contribution is -0.116. The largest absolute Gasteiger partial charge is 0.493 e. The first-order chi connectivity index (χ1) is 14.5. The monoisotopic (exact) mass is 411 g/mol. The van der Waals surface area contributed by atoms with Crippen molar-refractivity contribution < 1.29 is 23.1 Å². The van der Waals surface area contributed by atoms with Gasteiger partial charge < -0.3 is 19.2 Å². The molecule has 0 radical (unpaired) electrons. The molecule has 0 saturated heterocycles. The van der Waals surface area contributed by atoms with Crippen molar-refractivity contribution in [2.45, 2.75) is 20.3 Å². The second-order valence-corrected chi connectivity index (χ2v) is 6.90. The molecule has 0 aliphatic carbocycles. The topological polar surface area (TPSA) is 60.7 Å². The maximum atomic E-state index is 13.3. The van der Waals surface area contributed by atoms with Crippen LogP contribution in [0.15, 0.2) is 53.2 Å². The van der Waals surface area contributed by atoms with E-state index in [-0.39, 0.29) is 11.7 Å². The minimum atomic E-state index is -0.291. The van der Waals surface area contributed by atoms with Crippen LogP contribution in [0.3, 0.4) is 0 Å². The van der Waals surface area contributed by atoms with Crippen molar-refractivity contribution in [3.05, 3.63) is 60.1 Å². The summed E-state index contributed by atoms with van der Waals surface area (Å²) in [6, 6.07) is 10.0. The molecule has 2 aromatic carbocycles. The number of furan rings is 1. The molecule has 6 heteroatoms. The Morgan fingerprint density at radius 2 is 2.00 bits per heavy atom. The first-order valence-electron chi connectivity index (χ1n) is 9.93. The zero-order valence-corrected chi connectivity index (χ0v) is 17.5. The summed E-state index contributed by atoms with van der Waals surface area (Å²) in [5.41, 5.74) is 3.95. The molecule has 0 bridgehead atoms. The van der Waals surface area contributed by atoms with Crippen LogP contribution in [-0.4, -0.2) is 32.8 Å². The highest BCUT2D eigenvalue weighted by Crippen LogP contribution is 2.37. The lowest BCUT2D eigenvalue weighted by Crippen LogP contribution is -2.23. The third kappa shape index (κ3) is 5.07. The Balaban J connectivity index is 1.96. The van der Waals surface area contributed by atoms with Crippen molar-refractivity contribution in [2.24, 2.45) is 0 Å². The summed E-state index contributed by atoms with van der Waals surface area (Å²) in [4.78, 5) is 12.3. The van der Waals surface area contributed by atoms with Gasteiger partial charge in [-0.1, -0.05) is 12.1 Å². The number of hydrogen-bond donors (Lipinski definition) is 1. The number of rotatable bonds is 9. The summed E-state index contributed by atoms with van der Waals surface area (Å²) in [5, 5.41) is 3.72. The number of halogens is 1. The van der Waals surface area contributed by atoms with Gasteiger partial charge in [-0.25, -0.2) is 4.39 Å². The summed E-state index contributed by atoms with van der Waals surface area (Å²) < 4.78 is 29.8. The van der Waals surface area contributed by atoms with E-state index in [2.05, 4.69) is 5.32 Å². The lowest BCUT2D eigenvalue weighted by atomic mass is 9.99. The SMILES string of the molecule is CCOc1cc2occ(-c3ccc(F)cc3)c2cc1/C(C)=C/C(=O)NCCCOC. The van der Waals surface area contributed by atoms with E-state index in [1.165, 1.54) is 12.1 Å². The molecule has 0 fully saturated rings. The third-order valence-electron chi connectivity index (χ3n) is 4.73. The maximum absolute atomic E-state index is 13.3. The number of nitrogens with one attached hydrogen (secondary N) is 1. The van der Waals surface area contributed by atoms with Crippen LogP contribution in [-0.2, 0) is 9.53 Å². The zero-order valence-electron chi connectivity index (χ0n) is 17.5. The Morgan fingerprint density at radius 1 is 1.23 bits per heavy atom. The molecule has 0 unspecified atom stereocenters. The minimum absolute atomic E-state index is 0.169. The van der Waals surface area contributed by atoms with Crippen LogP contribution in [0.5, 0.6) is 5.75 Å². The van der Waals surface area contributed by atoms with Gasteiger partial charge in [0.1, 0.15) is 17.1 Å². The van der Waals surface area contributed by atoms with Gasteiger partial charge in [-0.2, -0.15) is 0 Å². The summed E-state index contributed by atoms with van der Waals surface area (Å²) in [7, 11) is 1.63. The Kier molecular flexibility index (Phi) is 7.25. The van der Waals surface area contributed by atoms with Crippen LogP contribution in [0.2, 0.25) is 0 Å². The van der Waals surface area contributed by atoms with Gasteiger partial charge in [0.15, 0.2) is 0 Å². The van der Waals surface area contributed by atoms with Crippen LogP contribution < -0.4 is 10.1 Å². The van der Waals surface area contributed by atoms with E-state index in [1.54, 1.807) is 31.6 Å². The predicted molar refractivity (Wildman–Crippen MR) is 116 cm³/mol. The molecule has 158 valence electrons. The van der Waals surface area contributed by atoms with Crippen molar-refractivity contribution in [3.8, 4) is 16.9 Å². The molecule has 0 saturated carbocycles. The van der Waals surface area contributed by atoms with E-state index >= 15 is 0 Å². The van der Waals surface area contributed by atoms with Crippen LogP contribution in [0, 0.1) is 5.82 Å². The molecule has 1 heterocycles. The fourth-order valence-electron chi connectivity index (χ4n) is 3.24. The molecule has 5 nitrogen and oxygen atoms in total. The fourth-order valence-corrected chi connectivity index (χ4v) is 3.24. The molecule has 0 aliphatic heterocycles. The van der Waals surface area contributed by atoms with Crippen LogP contribution in [0.25, 0.3) is 27.7 Å². The van der Waals surface area contributed by atoms with Gasteiger partial charge in [0, 0.05) is 48.9 Å². The molecule has 30 heavy (non-hydrogen) atoms. The highest BCUT2D eigenvalue weighted by molar-refractivity contribution is 6.00. The van der Waals surface area contributed by atoms with Gasteiger partial charge in [0.05, 0.1) is 12.9 Å². The molecule has 0 atom stereocenters. The van der Waals surface area contributed by atoms with Crippen molar-refractivity contribution in [1.82, 2.24) is 5.32 Å². The van der Waals surface area contributed by atoms with E-state index in [9.17, 15) is 9.18 Å². The summed E-state index contributed by atoms with van der Waals surface area (Å²) in [6.45, 7) is 5.41. The Bertz CT molecular complexity index is 1040. The number of methoxy groups -OCH3 is 1. The van der Waals surface area contributed by atoms with Gasteiger partial charge in [0.25, 0.3) is 0 Å². The average molecular weight is 411 g/mol. The van der Waals surface area contributed by atoms with Gasteiger partial charge in [-0.05, 0) is 49.6 Å². The number of ether oxygens (including phenoxy) is 2. The fraction of sp³-hybridized carbons (Fsp3) is 0.292. The number of benzene rings is 2. The number of carbonyl (C=O) groups is 1. The van der Waals surface area contributed by atoms with Crippen molar-refractivity contribution in [2.75, 3.05) is 26.9 Å². The van der Waals surface area contributed by atoms with E-state index in [4.69, 9.17) is 13.9 Å². The van der Waals surface area contributed by atoms with Gasteiger partial charge in [-0.3, -0.25) is 4.79 Å². The maximum Gasteiger partial charge on any atom is 0.244 e. The number of allylic oxidation sites excluding steroid dienone is 1. The zero-order chi connectivity index (χ0) is 21.5. The molecule has 1 amide bonds. The molecule has 3 rings (SSSR count). The third-order valence-corrected chi connectivity index (χ3v) is 4.73. The Morgan fingerprint density at radius 3 is 2.70 bits per heavy atom. The molecular formula is C24H26FNO4. The van der Waals surface area contributed by atoms with Crippen molar-refractivity contribution in [1.29, 1.82) is 0 Å². The summed E-state index contributed by atoms with van der Waals surface area (Å²) in [5.74, 6) is 0.184. The number of amides is 1. The highest BCUT2D eigenvalue weighted by Gasteiger charge is 2.15. The van der Waals surface area contributed by atoms with Gasteiger partial charge in [0.2, 0.25) is 5.91 Å². The molecule has 1 N–H and O–H groups in total. The van der Waals surface area contributed by atoms with Crippen LogP contribution >= 0.6 is 0 Å². The summed E-state index contributed by atoms with van der Waals surface area (Å²) in [6.07, 6.45) is 3.97. The van der Waals surface area contributed by atoms with E-state index in [0.717, 1.165) is 34.1 Å². The standard InChI is InChI=1S/C24H26FNO4/c1-4-29-22-14-23-20(21(15-30-23)17-6-8-18(25)9-7-17)13-19(22)16(2)12-24(27)26-10-5-11-28-3/h6-9,12-15H,4-5,10-11H2,1-3H3,(H,26,27)/b16-12+. The van der Waals surface area contributed by atoms with Crippen LogP contribution in [0.4, 0.5) is 4.39 Å². The average Bonchev–Trinajstić information content (AvgIpc) is 3.14. The first-order valence-corrected chi connectivity index (χ1v) is 9.93. The lowest BCUT2D eigenvalue weighted by Gasteiger charge is -2.12. The van der Waals surface area contributed by atoms with Crippen molar-refractivity contribution >= 4 is 22.4 Å². The van der Waals surface area contributed by atoms with Crippen LogP contribution in [0.1, 0.15) is 25.8 Å². The summed E-state index contributed by atoms with van der Waals surface area (Å²) >= 11 is 0. The second-order valence-electron chi connectivity index (χ2n) is 6.90. The predicted octanol–water partition coefficient (Wildman–Crippen LogP) is 5.19. The van der Waals surface area contributed by atoms with Gasteiger partial charge >= 0.3 is 0 Å². The smallest absolute Gasteiger partial charge is 0.244 e. The number of hydrogen-bond acceptors (Lipinski definition) is 4. The van der Waals surface area contributed by atoms with E-state index < -0.39 is 0 Å². The number of fused-ring (bicyclic) bond motifs is 1.